The Labute approximate surface area is 184 Å². The van der Waals surface area contributed by atoms with Crippen LogP contribution >= 0.6 is 0 Å². The monoisotopic (exact) mass is 474 g/mol. The van der Waals surface area contributed by atoms with E-state index in [0.717, 1.165) is 24.1 Å². The third-order valence-electron chi connectivity index (χ3n) is 4.88. The number of hydrogen-bond acceptors (Lipinski definition) is 1. The first-order valence-corrected chi connectivity index (χ1v) is 9.90. The lowest BCUT2D eigenvalue weighted by molar-refractivity contribution is -0.305. The maximum atomic E-state index is 15.4. The smallest absolute Gasteiger partial charge is 0.427 e. The van der Waals surface area contributed by atoms with Gasteiger partial charge in [0, 0.05) is 11.1 Å². The van der Waals surface area contributed by atoms with Crippen LogP contribution in [0.4, 0.5) is 35.1 Å². The predicted octanol–water partition coefficient (Wildman–Crippen LogP) is 8.12. The summed E-state index contributed by atoms with van der Waals surface area (Å²) in [5.74, 6) is -3.52. The Morgan fingerprint density at radius 1 is 0.818 bits per heavy atom. The minimum Gasteiger partial charge on any atom is -0.427 e. The zero-order valence-corrected chi connectivity index (χ0v) is 17.2. The first-order valence-electron chi connectivity index (χ1n) is 9.90. The summed E-state index contributed by atoms with van der Waals surface area (Å²) in [6, 6.07) is 13.2. The molecular formula is C24H18F8O. The molecule has 0 heterocycles. The van der Waals surface area contributed by atoms with Crippen molar-refractivity contribution >= 4 is 0 Å². The molecule has 0 aliphatic rings. The highest BCUT2D eigenvalue weighted by Crippen LogP contribution is 2.42. The average molecular weight is 474 g/mol. The first kappa shape index (κ1) is 24.5. The fraction of sp³-hybridized carbons (Fsp3) is 0.250. The van der Waals surface area contributed by atoms with Crippen molar-refractivity contribution in [3.8, 4) is 28.0 Å². The fourth-order valence-corrected chi connectivity index (χ4v) is 3.34. The summed E-state index contributed by atoms with van der Waals surface area (Å²) >= 11 is 0. The molecule has 3 rings (SSSR count). The Bertz CT molecular complexity index is 1110. The third kappa shape index (κ3) is 5.29. The van der Waals surface area contributed by atoms with Gasteiger partial charge in [-0.25, -0.2) is 13.2 Å². The predicted molar refractivity (Wildman–Crippen MR) is 108 cm³/mol. The average Bonchev–Trinajstić information content (AvgIpc) is 2.75. The molecule has 3 aromatic rings. The summed E-state index contributed by atoms with van der Waals surface area (Å²) in [6.07, 6.45) is -14.4. The molecular weight excluding hydrogens is 456 g/mol. The van der Waals surface area contributed by atoms with Crippen molar-refractivity contribution in [2.24, 2.45) is 0 Å². The van der Waals surface area contributed by atoms with Crippen LogP contribution in [-0.4, -0.2) is 18.5 Å². The quantitative estimate of drug-likeness (QED) is 0.314. The number of rotatable bonds is 7. The van der Waals surface area contributed by atoms with Gasteiger partial charge in [-0.3, -0.25) is 0 Å². The number of benzene rings is 3. The fourth-order valence-electron chi connectivity index (χ4n) is 3.34. The lowest BCUT2D eigenvalue weighted by Crippen LogP contribution is -2.45. The number of hydrogen-bond donors (Lipinski definition) is 0. The van der Waals surface area contributed by atoms with Gasteiger partial charge < -0.3 is 4.74 Å². The summed E-state index contributed by atoms with van der Waals surface area (Å²) < 4.78 is 112. The van der Waals surface area contributed by atoms with Gasteiger partial charge in [0.25, 0.3) is 6.17 Å². The molecule has 1 unspecified atom stereocenters. The second kappa shape index (κ2) is 9.41. The van der Waals surface area contributed by atoms with E-state index in [1.54, 1.807) is 12.1 Å². The van der Waals surface area contributed by atoms with Gasteiger partial charge in [0.05, 0.1) is 0 Å². The summed E-state index contributed by atoms with van der Waals surface area (Å²) in [6.45, 7) is 1.95. The molecule has 0 amide bonds. The van der Waals surface area contributed by atoms with E-state index >= 15 is 4.39 Å². The molecule has 1 nitrogen and oxygen atoms in total. The lowest BCUT2D eigenvalue weighted by atomic mass is 9.92. The molecule has 0 saturated heterocycles. The highest BCUT2D eigenvalue weighted by Gasteiger charge is 2.59. The van der Waals surface area contributed by atoms with Crippen molar-refractivity contribution in [2.75, 3.05) is 0 Å². The van der Waals surface area contributed by atoms with Crippen LogP contribution in [0.2, 0.25) is 0 Å². The van der Waals surface area contributed by atoms with Crippen LogP contribution < -0.4 is 4.74 Å². The van der Waals surface area contributed by atoms with E-state index in [9.17, 15) is 30.7 Å². The first-order chi connectivity index (χ1) is 15.5. The molecule has 33 heavy (non-hydrogen) atoms. The van der Waals surface area contributed by atoms with Gasteiger partial charge in [-0.2, -0.15) is 22.0 Å². The Balaban J connectivity index is 2.16. The van der Waals surface area contributed by atoms with E-state index in [2.05, 4.69) is 4.74 Å². The maximum Gasteiger partial charge on any atom is 0.439 e. The largest absolute Gasteiger partial charge is 0.439 e. The van der Waals surface area contributed by atoms with Crippen LogP contribution in [0.1, 0.15) is 18.9 Å². The number of aryl methyl sites for hydroxylation is 1. The summed E-state index contributed by atoms with van der Waals surface area (Å²) in [4.78, 5) is 0. The molecule has 0 aliphatic heterocycles. The standard InChI is InChI=1S/C24H18F8O/c1-2-5-14-8-10-15(11-9-14)20-17(16-6-3-4-7-18(16)25)12-13-19(21(20)26)33-24(31,32)22(27)23(28,29)30/h3-4,6-13,22H,2,5H2,1H3. The Morgan fingerprint density at radius 3 is 2.03 bits per heavy atom. The van der Waals surface area contributed by atoms with Gasteiger partial charge in [0.1, 0.15) is 5.82 Å². The lowest BCUT2D eigenvalue weighted by Gasteiger charge is -2.24. The zero-order valence-electron chi connectivity index (χ0n) is 17.2. The van der Waals surface area contributed by atoms with Crippen LogP contribution in [0.15, 0.2) is 60.7 Å². The van der Waals surface area contributed by atoms with Crippen molar-refractivity contribution in [1.82, 2.24) is 0 Å². The second-order valence-electron chi connectivity index (χ2n) is 7.30. The van der Waals surface area contributed by atoms with Gasteiger partial charge in [0.15, 0.2) is 11.6 Å². The van der Waals surface area contributed by atoms with E-state index in [-0.39, 0.29) is 22.3 Å². The van der Waals surface area contributed by atoms with E-state index in [4.69, 9.17) is 0 Å². The molecule has 176 valence electrons. The van der Waals surface area contributed by atoms with Crippen LogP contribution in [0.5, 0.6) is 5.75 Å². The normalized spacial score (nSPS) is 13.1. The van der Waals surface area contributed by atoms with Crippen LogP contribution in [0.25, 0.3) is 22.3 Å². The second-order valence-corrected chi connectivity index (χ2v) is 7.30. The molecule has 0 saturated carbocycles. The van der Waals surface area contributed by atoms with Crippen molar-refractivity contribution in [2.45, 2.75) is 38.2 Å². The summed E-state index contributed by atoms with van der Waals surface area (Å²) in [5, 5.41) is 0. The molecule has 0 spiro atoms. The van der Waals surface area contributed by atoms with Crippen molar-refractivity contribution in [3.63, 3.8) is 0 Å². The number of alkyl halides is 6. The van der Waals surface area contributed by atoms with Gasteiger partial charge in [-0.15, -0.1) is 0 Å². The Kier molecular flexibility index (Phi) is 7.00. The molecule has 1 atom stereocenters. The SMILES string of the molecule is CCCc1ccc(-c2c(-c3ccccc3F)ccc(OC(F)(F)C(F)C(F)(F)F)c2F)cc1. The van der Waals surface area contributed by atoms with Gasteiger partial charge in [-0.1, -0.05) is 55.8 Å². The highest BCUT2D eigenvalue weighted by molar-refractivity contribution is 5.85. The van der Waals surface area contributed by atoms with Gasteiger partial charge in [0.2, 0.25) is 0 Å². The molecule has 9 heteroatoms. The zero-order chi connectivity index (χ0) is 24.4. The topological polar surface area (TPSA) is 9.23 Å². The Hall–Kier alpha value is -3.10. The number of halogens is 8. The Morgan fingerprint density at radius 2 is 1.45 bits per heavy atom. The molecule has 0 bridgehead atoms. The van der Waals surface area contributed by atoms with E-state index in [1.807, 2.05) is 6.92 Å². The van der Waals surface area contributed by atoms with Gasteiger partial charge >= 0.3 is 12.3 Å². The molecule has 0 N–H and O–H groups in total. The molecule has 0 fully saturated rings. The summed E-state index contributed by atoms with van der Waals surface area (Å²) in [7, 11) is 0. The minimum atomic E-state index is -5.93. The minimum absolute atomic E-state index is 0.0443. The van der Waals surface area contributed by atoms with E-state index < -0.39 is 35.8 Å². The van der Waals surface area contributed by atoms with Crippen molar-refractivity contribution < 1.29 is 39.9 Å². The van der Waals surface area contributed by atoms with Crippen LogP contribution in [0, 0.1) is 11.6 Å². The molecule has 0 radical (unpaired) electrons. The summed E-state index contributed by atoms with van der Waals surface area (Å²) in [5.41, 5.74) is 0.558. The third-order valence-corrected chi connectivity index (χ3v) is 4.88. The van der Waals surface area contributed by atoms with Crippen LogP contribution in [-0.2, 0) is 6.42 Å². The van der Waals surface area contributed by atoms with E-state index in [1.165, 1.54) is 30.3 Å². The van der Waals surface area contributed by atoms with Gasteiger partial charge in [-0.05, 0) is 41.3 Å². The van der Waals surface area contributed by atoms with Crippen molar-refractivity contribution in [1.29, 1.82) is 0 Å². The van der Waals surface area contributed by atoms with Crippen molar-refractivity contribution in [3.05, 3.63) is 77.9 Å². The molecule has 0 aromatic heterocycles. The highest BCUT2D eigenvalue weighted by atomic mass is 19.4. The van der Waals surface area contributed by atoms with E-state index in [0.29, 0.717) is 12.5 Å². The van der Waals surface area contributed by atoms with Crippen LogP contribution in [0.3, 0.4) is 0 Å². The molecule has 0 aliphatic carbocycles. The maximum absolute atomic E-state index is 15.4. The number of ether oxygens (including phenoxy) is 1. The molecule has 3 aromatic carbocycles.